The number of rotatable bonds is 5. The lowest BCUT2D eigenvalue weighted by Gasteiger charge is -2.15. The highest BCUT2D eigenvalue weighted by molar-refractivity contribution is 6.31. The Morgan fingerprint density at radius 3 is 2.83 bits per heavy atom. The molecule has 1 aromatic rings. The van der Waals surface area contributed by atoms with Crippen LogP contribution in [0.4, 0.5) is 10.1 Å². The molecule has 0 fully saturated rings. The molecule has 1 aliphatic heterocycles. The molecule has 1 amide bonds. The topological polar surface area (TPSA) is 78.9 Å². The van der Waals surface area contributed by atoms with Crippen LogP contribution in [0.2, 0.25) is 5.02 Å². The number of hydrogen-bond acceptors (Lipinski definition) is 5. The van der Waals surface area contributed by atoms with Crippen LogP contribution in [-0.2, 0) is 14.3 Å². The molecule has 0 saturated heterocycles. The summed E-state index contributed by atoms with van der Waals surface area (Å²) < 4.78 is 18.7. The van der Waals surface area contributed by atoms with Gasteiger partial charge in [-0.3, -0.25) is 4.79 Å². The van der Waals surface area contributed by atoms with E-state index in [1.54, 1.807) is 6.92 Å². The van der Waals surface area contributed by atoms with Crippen LogP contribution in [-0.4, -0.2) is 48.7 Å². The fourth-order valence-corrected chi connectivity index (χ4v) is 2.39. The molecule has 23 heavy (non-hydrogen) atoms. The van der Waals surface area contributed by atoms with Crippen molar-refractivity contribution in [2.45, 2.75) is 6.92 Å². The van der Waals surface area contributed by atoms with Crippen LogP contribution in [0.15, 0.2) is 23.4 Å². The first-order valence-electron chi connectivity index (χ1n) is 6.83. The minimum Gasteiger partial charge on any atom is -0.466 e. The molecule has 1 aliphatic rings. The number of hydrogen-bond donors (Lipinski definition) is 2. The number of aryl methyl sites for hydroxylation is 1. The third-order valence-corrected chi connectivity index (χ3v) is 3.87. The van der Waals surface area contributed by atoms with E-state index in [-0.39, 0.29) is 36.7 Å². The van der Waals surface area contributed by atoms with Crippen molar-refractivity contribution in [1.82, 2.24) is 4.90 Å². The maximum atomic E-state index is 14.0. The summed E-state index contributed by atoms with van der Waals surface area (Å²) in [6.07, 6.45) is 0. The molecule has 0 unspecified atom stereocenters. The Morgan fingerprint density at radius 1 is 1.52 bits per heavy atom. The zero-order valence-electron chi connectivity index (χ0n) is 12.7. The number of anilines is 1. The highest BCUT2D eigenvalue weighted by atomic mass is 35.5. The maximum Gasteiger partial charge on any atom is 0.337 e. The minimum absolute atomic E-state index is 0.0174. The van der Waals surface area contributed by atoms with Crippen molar-refractivity contribution in [3.05, 3.63) is 39.8 Å². The second-order valence-corrected chi connectivity index (χ2v) is 5.41. The zero-order valence-corrected chi connectivity index (χ0v) is 13.4. The van der Waals surface area contributed by atoms with E-state index in [4.69, 9.17) is 16.7 Å². The summed E-state index contributed by atoms with van der Waals surface area (Å²) in [5.41, 5.74) is 0.527. The number of nitrogens with one attached hydrogen (secondary N) is 1. The fourth-order valence-electron chi connectivity index (χ4n) is 2.23. The van der Waals surface area contributed by atoms with Crippen molar-refractivity contribution < 1.29 is 23.8 Å². The molecule has 124 valence electrons. The number of nitrogens with zero attached hydrogens (tertiary/aromatic N) is 1. The fraction of sp³-hybridized carbons (Fsp3) is 0.333. The summed E-state index contributed by atoms with van der Waals surface area (Å²) in [4.78, 5) is 25.4. The Kier molecular flexibility index (Phi) is 5.23. The van der Waals surface area contributed by atoms with E-state index in [0.717, 1.165) is 0 Å². The first-order chi connectivity index (χ1) is 10.9. The second-order valence-electron chi connectivity index (χ2n) is 5.00. The molecule has 6 nitrogen and oxygen atoms in total. The molecule has 2 rings (SSSR count). The first kappa shape index (κ1) is 17.2. The summed E-state index contributed by atoms with van der Waals surface area (Å²) in [7, 11) is 1.19. The van der Waals surface area contributed by atoms with Gasteiger partial charge in [0.05, 0.1) is 31.5 Å². The first-order valence-corrected chi connectivity index (χ1v) is 7.21. The highest BCUT2D eigenvalue weighted by Crippen LogP contribution is 2.28. The molecule has 0 atom stereocenters. The number of benzene rings is 1. The molecule has 0 spiro atoms. The maximum absolute atomic E-state index is 14.0. The van der Waals surface area contributed by atoms with Crippen LogP contribution in [0.5, 0.6) is 0 Å². The van der Waals surface area contributed by atoms with Crippen LogP contribution in [0.25, 0.3) is 0 Å². The quantitative estimate of drug-likeness (QED) is 0.792. The molecule has 2 N–H and O–H groups in total. The summed E-state index contributed by atoms with van der Waals surface area (Å²) in [5, 5.41) is 11.9. The Balaban J connectivity index is 2.39. The summed E-state index contributed by atoms with van der Waals surface area (Å²) >= 11 is 5.97. The standard InChI is InChI=1S/C15H16ClFN2O4/c1-8-5-11(17)12(6-10(8)16)18-13-9(15(22)23-2)7-19(3-4-20)14(13)21/h5-6,18,20H,3-4,7H2,1-2H3. The van der Waals surface area contributed by atoms with E-state index in [1.165, 1.54) is 24.1 Å². The van der Waals surface area contributed by atoms with Crippen LogP contribution < -0.4 is 5.32 Å². The van der Waals surface area contributed by atoms with E-state index in [1.807, 2.05) is 0 Å². The Bertz CT molecular complexity index is 690. The molecule has 1 heterocycles. The number of amides is 1. The van der Waals surface area contributed by atoms with Gasteiger partial charge in [-0.1, -0.05) is 11.6 Å². The van der Waals surface area contributed by atoms with Gasteiger partial charge >= 0.3 is 5.97 Å². The van der Waals surface area contributed by atoms with Gasteiger partial charge in [0, 0.05) is 11.6 Å². The highest BCUT2D eigenvalue weighted by Gasteiger charge is 2.34. The normalized spacial score (nSPS) is 14.5. The van der Waals surface area contributed by atoms with Crippen LogP contribution >= 0.6 is 11.6 Å². The molecule has 0 saturated carbocycles. The van der Waals surface area contributed by atoms with E-state index in [9.17, 15) is 14.0 Å². The molecule has 8 heteroatoms. The number of aliphatic hydroxyl groups excluding tert-OH is 1. The van der Waals surface area contributed by atoms with E-state index >= 15 is 0 Å². The van der Waals surface area contributed by atoms with Gasteiger partial charge in [-0.05, 0) is 24.6 Å². The molecular weight excluding hydrogens is 327 g/mol. The third-order valence-electron chi connectivity index (χ3n) is 3.46. The minimum atomic E-state index is -0.695. The molecule has 0 radical (unpaired) electrons. The number of methoxy groups -OCH3 is 1. The summed E-state index contributed by atoms with van der Waals surface area (Å²) in [6.45, 7) is 1.44. The average molecular weight is 343 g/mol. The lowest BCUT2D eigenvalue weighted by Crippen LogP contribution is -2.31. The Hall–Kier alpha value is -2.12. The van der Waals surface area contributed by atoms with Gasteiger partial charge in [0.15, 0.2) is 0 Å². The van der Waals surface area contributed by atoms with Gasteiger partial charge < -0.3 is 20.1 Å². The predicted octanol–water partition coefficient (Wildman–Crippen LogP) is 1.46. The lowest BCUT2D eigenvalue weighted by molar-refractivity contribution is -0.136. The number of β-amino-alcohol motifs (C(OH)–C–C–N with tert-alkyl or cyclic N) is 1. The number of halogens is 2. The predicted molar refractivity (Wildman–Crippen MR) is 82.5 cm³/mol. The van der Waals surface area contributed by atoms with Gasteiger partial charge in [0.2, 0.25) is 0 Å². The largest absolute Gasteiger partial charge is 0.466 e. The van der Waals surface area contributed by atoms with Crippen molar-refractivity contribution in [2.75, 3.05) is 32.1 Å². The van der Waals surface area contributed by atoms with E-state index in [2.05, 4.69) is 10.1 Å². The molecule has 0 bridgehead atoms. The zero-order chi connectivity index (χ0) is 17.1. The van der Waals surface area contributed by atoms with E-state index in [0.29, 0.717) is 10.6 Å². The van der Waals surface area contributed by atoms with Crippen molar-refractivity contribution in [3.63, 3.8) is 0 Å². The number of carbonyl (C=O) groups excluding carboxylic acids is 2. The van der Waals surface area contributed by atoms with Crippen LogP contribution in [0.3, 0.4) is 0 Å². The molecule has 0 aromatic heterocycles. The Labute approximate surface area is 137 Å². The van der Waals surface area contributed by atoms with Crippen molar-refractivity contribution in [3.8, 4) is 0 Å². The number of carbonyl (C=O) groups is 2. The van der Waals surface area contributed by atoms with Gasteiger partial charge in [0.1, 0.15) is 11.5 Å². The molecule has 0 aliphatic carbocycles. The van der Waals surface area contributed by atoms with Crippen molar-refractivity contribution in [1.29, 1.82) is 0 Å². The monoisotopic (exact) mass is 342 g/mol. The smallest absolute Gasteiger partial charge is 0.337 e. The van der Waals surface area contributed by atoms with Gasteiger partial charge in [0.25, 0.3) is 5.91 Å². The van der Waals surface area contributed by atoms with E-state index < -0.39 is 17.7 Å². The third kappa shape index (κ3) is 3.46. The summed E-state index contributed by atoms with van der Waals surface area (Å²) in [6, 6.07) is 2.57. The Morgan fingerprint density at radius 2 is 2.22 bits per heavy atom. The number of aliphatic hydroxyl groups is 1. The van der Waals surface area contributed by atoms with Crippen LogP contribution in [0, 0.1) is 12.7 Å². The second kappa shape index (κ2) is 6.97. The number of esters is 1. The van der Waals surface area contributed by atoms with Crippen molar-refractivity contribution in [2.24, 2.45) is 0 Å². The number of ether oxygens (including phenoxy) is 1. The molecule has 1 aromatic carbocycles. The van der Waals surface area contributed by atoms with Crippen LogP contribution in [0.1, 0.15) is 5.56 Å². The summed E-state index contributed by atoms with van der Waals surface area (Å²) in [5.74, 6) is -1.81. The van der Waals surface area contributed by atoms with Gasteiger partial charge in [-0.15, -0.1) is 0 Å². The van der Waals surface area contributed by atoms with Gasteiger partial charge in [-0.2, -0.15) is 0 Å². The SMILES string of the molecule is COC(=O)C1=C(Nc2cc(Cl)c(C)cc2F)C(=O)N(CCO)C1. The van der Waals surface area contributed by atoms with Gasteiger partial charge in [-0.25, -0.2) is 9.18 Å². The van der Waals surface area contributed by atoms with Crippen molar-refractivity contribution >= 4 is 29.2 Å². The average Bonchev–Trinajstić information content (AvgIpc) is 2.81. The molecular formula is C15H16ClFN2O4. The lowest BCUT2D eigenvalue weighted by atomic mass is 10.2.